The molecule has 1 unspecified atom stereocenters. The number of aliphatic hydroxyl groups is 1. The smallest absolute Gasteiger partial charge is 0.0613 e. The van der Waals surface area contributed by atoms with E-state index in [1.807, 2.05) is 0 Å². The fourth-order valence-corrected chi connectivity index (χ4v) is 3.25. The zero-order chi connectivity index (χ0) is 13.8. The van der Waals surface area contributed by atoms with Gasteiger partial charge in [-0.2, -0.15) is 0 Å². The summed E-state index contributed by atoms with van der Waals surface area (Å²) in [6.45, 7) is 3.70. The van der Waals surface area contributed by atoms with E-state index in [-0.39, 0.29) is 5.54 Å². The summed E-state index contributed by atoms with van der Waals surface area (Å²) in [6, 6.07) is 0. The first kappa shape index (κ1) is 17.0. The van der Waals surface area contributed by atoms with Gasteiger partial charge in [0.2, 0.25) is 0 Å². The number of rotatable bonds is 12. The summed E-state index contributed by atoms with van der Waals surface area (Å²) in [5.74, 6) is 0. The van der Waals surface area contributed by atoms with Gasteiger partial charge in [0.1, 0.15) is 0 Å². The lowest BCUT2D eigenvalue weighted by Crippen LogP contribution is -2.43. The van der Waals surface area contributed by atoms with Gasteiger partial charge in [0.25, 0.3) is 0 Å². The summed E-state index contributed by atoms with van der Waals surface area (Å²) >= 11 is 0. The Kier molecular flexibility index (Phi) is 9.54. The van der Waals surface area contributed by atoms with Crippen LogP contribution in [-0.2, 0) is 0 Å². The Hall–Kier alpha value is -0.0800. The molecule has 1 fully saturated rings. The second kappa shape index (κ2) is 10.7. The lowest BCUT2D eigenvalue weighted by molar-refractivity contribution is 0.165. The predicted molar refractivity (Wildman–Crippen MR) is 83.5 cm³/mol. The highest BCUT2D eigenvalue weighted by molar-refractivity contribution is 4.92. The van der Waals surface area contributed by atoms with Crippen LogP contribution in [-0.4, -0.2) is 23.8 Å². The van der Waals surface area contributed by atoms with E-state index in [1.54, 1.807) is 0 Å². The highest BCUT2D eigenvalue weighted by Crippen LogP contribution is 2.25. The van der Waals surface area contributed by atoms with E-state index < -0.39 is 0 Å². The molecule has 0 saturated carbocycles. The van der Waals surface area contributed by atoms with Crippen LogP contribution in [0.25, 0.3) is 0 Å². The van der Waals surface area contributed by atoms with E-state index in [0.717, 1.165) is 6.54 Å². The molecule has 0 aliphatic carbocycles. The maximum Gasteiger partial charge on any atom is 0.0613 e. The Bertz CT molecular complexity index is 199. The number of nitrogens with one attached hydrogen (secondary N) is 1. The van der Waals surface area contributed by atoms with E-state index in [0.29, 0.717) is 6.61 Å². The third-order valence-electron chi connectivity index (χ3n) is 4.64. The van der Waals surface area contributed by atoms with Gasteiger partial charge in [0.05, 0.1) is 6.61 Å². The molecule has 0 spiro atoms. The summed E-state index contributed by atoms with van der Waals surface area (Å²) in [5.41, 5.74) is 0.0835. The van der Waals surface area contributed by atoms with Gasteiger partial charge in [-0.3, -0.25) is 0 Å². The van der Waals surface area contributed by atoms with Gasteiger partial charge in [0, 0.05) is 5.54 Å². The van der Waals surface area contributed by atoms with Crippen molar-refractivity contribution in [1.82, 2.24) is 5.32 Å². The van der Waals surface area contributed by atoms with Crippen LogP contribution in [0.15, 0.2) is 0 Å². The molecule has 2 nitrogen and oxygen atoms in total. The topological polar surface area (TPSA) is 32.3 Å². The standard InChI is InChI=1S/C17H35NO/c1-2-3-4-5-6-7-8-9-10-11-13-17(16-19)14-12-15-18-17/h18-19H,2-16H2,1H3. The van der Waals surface area contributed by atoms with Crippen molar-refractivity contribution in [2.45, 2.75) is 95.9 Å². The summed E-state index contributed by atoms with van der Waals surface area (Å²) in [5, 5.41) is 13.0. The Labute approximate surface area is 120 Å². The van der Waals surface area contributed by atoms with Crippen molar-refractivity contribution in [2.24, 2.45) is 0 Å². The van der Waals surface area contributed by atoms with Crippen molar-refractivity contribution < 1.29 is 5.11 Å². The minimum Gasteiger partial charge on any atom is -0.394 e. The summed E-state index contributed by atoms with van der Waals surface area (Å²) in [7, 11) is 0. The van der Waals surface area contributed by atoms with Crippen LogP contribution in [0.2, 0.25) is 0 Å². The van der Waals surface area contributed by atoms with Crippen LogP contribution in [0.1, 0.15) is 90.4 Å². The first-order valence-corrected chi connectivity index (χ1v) is 8.69. The van der Waals surface area contributed by atoms with Gasteiger partial charge in [-0.25, -0.2) is 0 Å². The largest absolute Gasteiger partial charge is 0.394 e. The van der Waals surface area contributed by atoms with Crippen molar-refractivity contribution in [3.05, 3.63) is 0 Å². The van der Waals surface area contributed by atoms with Crippen LogP contribution in [0.5, 0.6) is 0 Å². The normalized spacial score (nSPS) is 23.1. The lowest BCUT2D eigenvalue weighted by Gasteiger charge is -2.27. The molecule has 0 radical (unpaired) electrons. The van der Waals surface area contributed by atoms with Crippen LogP contribution < -0.4 is 5.32 Å². The minimum atomic E-state index is 0.0835. The molecule has 114 valence electrons. The second-order valence-electron chi connectivity index (χ2n) is 6.40. The fraction of sp³-hybridized carbons (Fsp3) is 1.00. The maximum absolute atomic E-state index is 9.50. The first-order chi connectivity index (χ1) is 9.33. The molecule has 19 heavy (non-hydrogen) atoms. The van der Waals surface area contributed by atoms with E-state index in [4.69, 9.17) is 0 Å². The summed E-state index contributed by atoms with van der Waals surface area (Å²) in [4.78, 5) is 0. The van der Waals surface area contributed by atoms with Crippen molar-refractivity contribution in [2.75, 3.05) is 13.2 Å². The molecule has 0 aromatic carbocycles. The first-order valence-electron chi connectivity index (χ1n) is 8.69. The Morgan fingerprint density at radius 1 is 0.895 bits per heavy atom. The second-order valence-corrected chi connectivity index (χ2v) is 6.40. The molecule has 2 N–H and O–H groups in total. The van der Waals surface area contributed by atoms with Crippen LogP contribution in [0.4, 0.5) is 0 Å². The molecule has 0 aromatic heterocycles. The third kappa shape index (κ3) is 7.31. The number of aliphatic hydroxyl groups excluding tert-OH is 1. The van der Waals surface area contributed by atoms with Gasteiger partial charge in [-0.1, -0.05) is 71.1 Å². The number of unbranched alkanes of at least 4 members (excludes halogenated alkanes) is 9. The molecule has 1 atom stereocenters. The van der Waals surface area contributed by atoms with Crippen molar-refractivity contribution in [3.8, 4) is 0 Å². The molecule has 1 aliphatic rings. The maximum atomic E-state index is 9.50. The van der Waals surface area contributed by atoms with E-state index in [1.165, 1.54) is 83.5 Å². The van der Waals surface area contributed by atoms with Crippen molar-refractivity contribution in [3.63, 3.8) is 0 Å². The predicted octanol–water partition coefficient (Wildman–Crippen LogP) is 4.41. The highest BCUT2D eigenvalue weighted by Gasteiger charge is 2.31. The number of hydrogen-bond acceptors (Lipinski definition) is 2. The molecule has 0 aromatic rings. The van der Waals surface area contributed by atoms with Gasteiger partial charge in [0.15, 0.2) is 0 Å². The zero-order valence-corrected chi connectivity index (χ0v) is 13.1. The average molecular weight is 269 g/mol. The lowest BCUT2D eigenvalue weighted by atomic mass is 9.91. The fourth-order valence-electron chi connectivity index (χ4n) is 3.25. The van der Waals surface area contributed by atoms with Crippen LogP contribution >= 0.6 is 0 Å². The Morgan fingerprint density at radius 2 is 1.47 bits per heavy atom. The molecule has 1 heterocycles. The Balaban J connectivity index is 1.85. The van der Waals surface area contributed by atoms with Gasteiger partial charge in [-0.15, -0.1) is 0 Å². The monoisotopic (exact) mass is 269 g/mol. The molecule has 1 saturated heterocycles. The van der Waals surface area contributed by atoms with Crippen LogP contribution in [0, 0.1) is 0 Å². The molecule has 1 aliphatic heterocycles. The quantitative estimate of drug-likeness (QED) is 0.514. The molecular formula is C17H35NO. The average Bonchev–Trinajstić information content (AvgIpc) is 2.90. The van der Waals surface area contributed by atoms with Crippen LogP contribution in [0.3, 0.4) is 0 Å². The van der Waals surface area contributed by atoms with Crippen molar-refractivity contribution >= 4 is 0 Å². The van der Waals surface area contributed by atoms with E-state index in [2.05, 4.69) is 12.2 Å². The molecular weight excluding hydrogens is 234 g/mol. The Morgan fingerprint density at radius 3 is 1.95 bits per heavy atom. The van der Waals surface area contributed by atoms with E-state index in [9.17, 15) is 5.11 Å². The molecule has 2 heteroatoms. The molecule has 0 amide bonds. The van der Waals surface area contributed by atoms with Gasteiger partial charge >= 0.3 is 0 Å². The third-order valence-corrected chi connectivity index (χ3v) is 4.64. The summed E-state index contributed by atoms with van der Waals surface area (Å²) < 4.78 is 0. The SMILES string of the molecule is CCCCCCCCCCCCC1(CO)CCCN1. The molecule has 1 rings (SSSR count). The highest BCUT2D eigenvalue weighted by atomic mass is 16.3. The minimum absolute atomic E-state index is 0.0835. The van der Waals surface area contributed by atoms with Crippen molar-refractivity contribution in [1.29, 1.82) is 0 Å². The van der Waals surface area contributed by atoms with Gasteiger partial charge in [-0.05, 0) is 25.8 Å². The number of hydrogen-bond donors (Lipinski definition) is 2. The van der Waals surface area contributed by atoms with Gasteiger partial charge < -0.3 is 10.4 Å². The zero-order valence-electron chi connectivity index (χ0n) is 13.1. The molecule has 0 bridgehead atoms. The summed E-state index contributed by atoms with van der Waals surface area (Å²) in [6.07, 6.45) is 17.5. The van der Waals surface area contributed by atoms with E-state index >= 15 is 0 Å².